The quantitative estimate of drug-likeness (QED) is 0.364. The van der Waals surface area contributed by atoms with Crippen molar-refractivity contribution in [2.24, 2.45) is 0 Å². The van der Waals surface area contributed by atoms with Crippen LogP contribution in [0.1, 0.15) is 48.3 Å². The average molecular weight is 605 g/mol. The second-order valence-electron chi connectivity index (χ2n) is 10.6. The van der Waals surface area contributed by atoms with Crippen molar-refractivity contribution in [3.8, 4) is 0 Å². The Morgan fingerprint density at radius 1 is 1.02 bits per heavy atom. The van der Waals surface area contributed by atoms with Gasteiger partial charge >= 0.3 is 6.09 Å². The Bertz CT molecular complexity index is 1540. The number of sulfonamides is 1. The fraction of sp³-hybridized carbons (Fsp3) is 0.310. The third kappa shape index (κ3) is 6.89. The van der Waals surface area contributed by atoms with Gasteiger partial charge in [0.25, 0.3) is 15.9 Å². The number of carbonyl (C=O) groups is 2. The molecule has 3 aromatic carbocycles. The number of fused-ring (bicyclic) bond motifs is 1. The Hall–Kier alpha value is -3.27. The maximum Gasteiger partial charge on any atom is 0.410 e. The van der Waals surface area contributed by atoms with E-state index in [2.05, 4.69) is 4.72 Å². The summed E-state index contributed by atoms with van der Waals surface area (Å²) in [6.07, 6.45) is 0.157. The molecule has 0 saturated heterocycles. The molecule has 0 radical (unpaired) electrons. The van der Waals surface area contributed by atoms with Crippen LogP contribution in [0.2, 0.25) is 10.0 Å². The summed E-state index contributed by atoms with van der Waals surface area (Å²) in [4.78, 5) is 29.8. The standard InChI is InChI=1S/C29H31Cl2N3O5S/c1-29(2,3)39-28(36)34-15-14-19-8-5-6-11-23(19)26(18-34)33(4)27(35)20-9-7-10-22(16-20)40(37,38)32-25-17-21(30)12-13-24(25)31/h5-13,16-17,26,32H,14-15,18H2,1-4H3. The highest BCUT2D eigenvalue weighted by Gasteiger charge is 2.33. The zero-order valence-corrected chi connectivity index (χ0v) is 25.0. The molecule has 0 aromatic heterocycles. The molecule has 8 nitrogen and oxygen atoms in total. The number of hydrogen-bond acceptors (Lipinski definition) is 5. The van der Waals surface area contributed by atoms with Crippen molar-refractivity contribution in [1.82, 2.24) is 9.80 Å². The molecule has 3 aromatic rings. The lowest BCUT2D eigenvalue weighted by molar-refractivity contribution is 0.0202. The van der Waals surface area contributed by atoms with E-state index in [0.717, 1.165) is 11.1 Å². The number of halogens is 2. The van der Waals surface area contributed by atoms with Crippen LogP contribution < -0.4 is 4.72 Å². The molecule has 0 saturated carbocycles. The summed E-state index contributed by atoms with van der Waals surface area (Å²) < 4.78 is 34.4. The third-order valence-electron chi connectivity index (χ3n) is 6.46. The van der Waals surface area contributed by atoms with E-state index in [-0.39, 0.29) is 27.7 Å². The monoisotopic (exact) mass is 603 g/mol. The third-order valence-corrected chi connectivity index (χ3v) is 8.39. The van der Waals surface area contributed by atoms with Gasteiger partial charge in [0.1, 0.15) is 5.60 Å². The summed E-state index contributed by atoms with van der Waals surface area (Å²) in [5.74, 6) is -0.399. The first kappa shape index (κ1) is 29.7. The van der Waals surface area contributed by atoms with Crippen LogP contribution in [0.15, 0.2) is 71.6 Å². The Morgan fingerprint density at radius 3 is 2.48 bits per heavy atom. The van der Waals surface area contributed by atoms with Crippen LogP contribution in [-0.4, -0.2) is 56.0 Å². The van der Waals surface area contributed by atoms with E-state index in [1.54, 1.807) is 44.9 Å². The number of amides is 2. The topological polar surface area (TPSA) is 96.0 Å². The lowest BCUT2D eigenvalue weighted by Crippen LogP contribution is -2.43. The fourth-order valence-corrected chi connectivity index (χ4v) is 5.99. The molecule has 0 fully saturated rings. The van der Waals surface area contributed by atoms with Gasteiger partial charge in [0, 0.05) is 30.7 Å². The highest BCUT2D eigenvalue weighted by Crippen LogP contribution is 2.31. The van der Waals surface area contributed by atoms with Crippen molar-refractivity contribution >= 4 is 50.9 Å². The molecule has 1 heterocycles. The van der Waals surface area contributed by atoms with Gasteiger partial charge in [-0.15, -0.1) is 0 Å². The van der Waals surface area contributed by atoms with E-state index in [4.69, 9.17) is 27.9 Å². The van der Waals surface area contributed by atoms with Gasteiger partial charge < -0.3 is 14.5 Å². The van der Waals surface area contributed by atoms with E-state index < -0.39 is 33.7 Å². The van der Waals surface area contributed by atoms with Gasteiger partial charge in [-0.05, 0) is 74.7 Å². The molecule has 1 N–H and O–H groups in total. The zero-order valence-electron chi connectivity index (χ0n) is 22.6. The van der Waals surface area contributed by atoms with Crippen LogP contribution >= 0.6 is 23.2 Å². The van der Waals surface area contributed by atoms with E-state index >= 15 is 0 Å². The highest BCUT2D eigenvalue weighted by molar-refractivity contribution is 7.92. The number of anilines is 1. The zero-order chi connectivity index (χ0) is 29.2. The minimum absolute atomic E-state index is 0.112. The molecule has 1 aliphatic rings. The van der Waals surface area contributed by atoms with E-state index in [1.165, 1.54) is 35.2 Å². The predicted molar refractivity (Wildman–Crippen MR) is 156 cm³/mol. The number of hydrogen-bond donors (Lipinski definition) is 1. The van der Waals surface area contributed by atoms with Crippen LogP contribution in [0, 0.1) is 0 Å². The van der Waals surface area contributed by atoms with Crippen LogP contribution in [0.25, 0.3) is 0 Å². The Morgan fingerprint density at radius 2 is 1.75 bits per heavy atom. The van der Waals surface area contributed by atoms with Crippen molar-refractivity contribution in [3.05, 3.63) is 93.5 Å². The van der Waals surface area contributed by atoms with Crippen LogP contribution in [0.5, 0.6) is 0 Å². The van der Waals surface area contributed by atoms with Crippen molar-refractivity contribution in [2.45, 2.75) is 43.7 Å². The molecule has 40 heavy (non-hydrogen) atoms. The summed E-state index contributed by atoms with van der Waals surface area (Å²) in [5, 5.41) is 0.498. The van der Waals surface area contributed by atoms with Crippen molar-refractivity contribution in [3.63, 3.8) is 0 Å². The normalized spacial score (nSPS) is 15.6. The van der Waals surface area contributed by atoms with Crippen LogP contribution in [0.4, 0.5) is 10.5 Å². The van der Waals surface area contributed by atoms with E-state index in [0.29, 0.717) is 18.0 Å². The van der Waals surface area contributed by atoms with Crippen molar-refractivity contribution in [1.29, 1.82) is 0 Å². The molecule has 4 rings (SSSR count). The minimum atomic E-state index is -4.08. The molecular weight excluding hydrogens is 573 g/mol. The molecule has 1 aliphatic heterocycles. The maximum atomic E-state index is 13.7. The van der Waals surface area contributed by atoms with Crippen LogP contribution in [0.3, 0.4) is 0 Å². The molecule has 0 bridgehead atoms. The summed E-state index contributed by atoms with van der Waals surface area (Å²) in [7, 11) is -2.44. The highest BCUT2D eigenvalue weighted by atomic mass is 35.5. The number of nitrogens with zero attached hydrogens (tertiary/aromatic N) is 2. The fourth-order valence-electron chi connectivity index (χ4n) is 4.49. The maximum absolute atomic E-state index is 13.7. The van der Waals surface area contributed by atoms with Gasteiger partial charge in [0.05, 0.1) is 21.6 Å². The van der Waals surface area contributed by atoms with Gasteiger partial charge in [-0.3, -0.25) is 9.52 Å². The number of likely N-dealkylation sites (N-methyl/N-ethyl adjacent to an activating group) is 1. The van der Waals surface area contributed by atoms with E-state index in [1.807, 2.05) is 24.3 Å². The smallest absolute Gasteiger partial charge is 0.410 e. The molecule has 11 heteroatoms. The molecular formula is C29H31Cl2N3O5S. The average Bonchev–Trinajstić information content (AvgIpc) is 3.09. The SMILES string of the molecule is CN(C(=O)c1cccc(S(=O)(=O)Nc2cc(Cl)ccc2Cl)c1)C1CN(C(=O)OC(C)(C)C)CCc2ccccc21. The van der Waals surface area contributed by atoms with Gasteiger partial charge in [0.15, 0.2) is 0 Å². The number of rotatable bonds is 5. The molecule has 1 unspecified atom stereocenters. The lowest BCUT2D eigenvalue weighted by atomic mass is 9.98. The number of ether oxygens (including phenoxy) is 1. The van der Waals surface area contributed by atoms with Gasteiger partial charge in [0.2, 0.25) is 0 Å². The number of nitrogens with one attached hydrogen (secondary N) is 1. The van der Waals surface area contributed by atoms with Gasteiger partial charge in [-0.1, -0.05) is 53.5 Å². The summed E-state index contributed by atoms with van der Waals surface area (Å²) in [6, 6.07) is 17.5. The minimum Gasteiger partial charge on any atom is -0.444 e. The van der Waals surface area contributed by atoms with Crippen molar-refractivity contribution < 1.29 is 22.7 Å². The number of carbonyl (C=O) groups excluding carboxylic acids is 2. The second kappa shape index (κ2) is 11.7. The first-order valence-electron chi connectivity index (χ1n) is 12.7. The molecule has 0 aliphatic carbocycles. The first-order valence-corrected chi connectivity index (χ1v) is 14.9. The molecule has 2 amide bonds. The van der Waals surface area contributed by atoms with E-state index in [9.17, 15) is 18.0 Å². The molecule has 0 spiro atoms. The second-order valence-corrected chi connectivity index (χ2v) is 13.1. The Kier molecular flexibility index (Phi) is 8.68. The van der Waals surface area contributed by atoms with Crippen molar-refractivity contribution in [2.75, 3.05) is 24.9 Å². The summed E-state index contributed by atoms with van der Waals surface area (Å²) in [6.45, 7) is 6.08. The number of benzene rings is 3. The Labute approximate surface area is 244 Å². The summed E-state index contributed by atoms with van der Waals surface area (Å²) >= 11 is 12.1. The molecule has 1 atom stereocenters. The van der Waals surface area contributed by atoms with Gasteiger partial charge in [-0.2, -0.15) is 0 Å². The summed E-state index contributed by atoms with van der Waals surface area (Å²) in [5.41, 5.74) is 1.58. The van der Waals surface area contributed by atoms with Gasteiger partial charge in [-0.25, -0.2) is 13.2 Å². The lowest BCUT2D eigenvalue weighted by Gasteiger charge is -2.33. The first-order chi connectivity index (χ1) is 18.7. The predicted octanol–water partition coefficient (Wildman–Crippen LogP) is 6.40. The largest absolute Gasteiger partial charge is 0.444 e. The Balaban J connectivity index is 1.63. The molecule has 212 valence electrons. The van der Waals surface area contributed by atoms with Crippen LogP contribution in [-0.2, 0) is 21.2 Å².